The molecular formula is C13H13N3O2. The largest absolute Gasteiger partial charge is 0.363 e. The number of aliphatic imine (C=N–C) groups is 1. The van der Waals surface area contributed by atoms with Crippen molar-refractivity contribution in [2.45, 2.75) is 6.92 Å². The molecule has 1 aliphatic rings. The van der Waals surface area contributed by atoms with Gasteiger partial charge in [-0.05, 0) is 24.6 Å². The second-order valence-electron chi connectivity index (χ2n) is 3.62. The highest BCUT2D eigenvalue weighted by molar-refractivity contribution is 6.18. The van der Waals surface area contributed by atoms with Crippen molar-refractivity contribution >= 4 is 17.4 Å². The molecule has 18 heavy (non-hydrogen) atoms. The van der Waals surface area contributed by atoms with Crippen LogP contribution in [-0.2, 0) is 4.79 Å². The van der Waals surface area contributed by atoms with Gasteiger partial charge in [-0.2, -0.15) is 0 Å². The van der Waals surface area contributed by atoms with Crippen molar-refractivity contribution in [1.82, 2.24) is 5.16 Å². The molecule has 1 aromatic heterocycles. The molecular weight excluding hydrogens is 230 g/mol. The first-order valence-corrected chi connectivity index (χ1v) is 5.49. The zero-order chi connectivity index (χ0) is 13.0. The minimum atomic E-state index is -0.239. The van der Waals surface area contributed by atoms with E-state index in [-0.39, 0.29) is 5.91 Å². The van der Waals surface area contributed by atoms with Gasteiger partial charge in [0, 0.05) is 18.7 Å². The molecule has 0 aromatic carbocycles. The van der Waals surface area contributed by atoms with Gasteiger partial charge in [-0.3, -0.25) is 9.79 Å². The van der Waals surface area contributed by atoms with Gasteiger partial charge in [-0.15, -0.1) is 0 Å². The number of hydrogen-bond donors (Lipinski definition) is 1. The third kappa shape index (κ3) is 2.45. The Morgan fingerprint density at radius 1 is 1.50 bits per heavy atom. The fourth-order valence-corrected chi connectivity index (χ4v) is 1.59. The number of carbonyl (C=O) groups excluding carboxylic acids is 1. The Balaban J connectivity index is 2.17. The third-order valence-electron chi connectivity index (χ3n) is 2.52. The quantitative estimate of drug-likeness (QED) is 0.865. The average molecular weight is 243 g/mol. The first-order valence-electron chi connectivity index (χ1n) is 5.49. The van der Waals surface area contributed by atoms with Crippen molar-refractivity contribution in [3.05, 3.63) is 47.8 Å². The lowest BCUT2D eigenvalue weighted by Gasteiger charge is -2.10. The summed E-state index contributed by atoms with van der Waals surface area (Å²) >= 11 is 0. The SMILES string of the molecule is C/C=C1/C=CC(C(=O)Nc2ccon2)=CC1=NC. The van der Waals surface area contributed by atoms with E-state index in [0.717, 1.165) is 11.3 Å². The van der Waals surface area contributed by atoms with E-state index in [2.05, 4.69) is 20.0 Å². The van der Waals surface area contributed by atoms with Gasteiger partial charge in [0.05, 0.1) is 5.71 Å². The summed E-state index contributed by atoms with van der Waals surface area (Å²) in [6, 6.07) is 1.58. The van der Waals surface area contributed by atoms with Gasteiger partial charge in [0.2, 0.25) is 0 Å². The molecule has 1 N–H and O–H groups in total. The molecule has 0 saturated carbocycles. The molecule has 0 saturated heterocycles. The van der Waals surface area contributed by atoms with Crippen LogP contribution in [0.4, 0.5) is 5.82 Å². The molecule has 1 amide bonds. The van der Waals surface area contributed by atoms with Crippen LogP contribution in [0.15, 0.2) is 57.3 Å². The number of aromatic nitrogens is 1. The fourth-order valence-electron chi connectivity index (χ4n) is 1.59. The summed E-state index contributed by atoms with van der Waals surface area (Å²) in [5.41, 5.74) is 2.31. The maximum absolute atomic E-state index is 11.9. The van der Waals surface area contributed by atoms with Gasteiger partial charge >= 0.3 is 0 Å². The molecule has 0 atom stereocenters. The van der Waals surface area contributed by atoms with Gasteiger partial charge < -0.3 is 9.84 Å². The number of nitrogens with one attached hydrogen (secondary N) is 1. The molecule has 0 bridgehead atoms. The molecule has 1 heterocycles. The summed E-state index contributed by atoms with van der Waals surface area (Å²) < 4.78 is 4.64. The second kappa shape index (κ2) is 5.27. The van der Waals surface area contributed by atoms with Crippen molar-refractivity contribution in [1.29, 1.82) is 0 Å². The van der Waals surface area contributed by atoms with Gasteiger partial charge in [-0.1, -0.05) is 17.3 Å². The summed E-state index contributed by atoms with van der Waals surface area (Å²) in [5, 5.41) is 6.25. The van der Waals surface area contributed by atoms with E-state index < -0.39 is 0 Å². The number of nitrogens with zero attached hydrogens (tertiary/aromatic N) is 2. The fraction of sp³-hybridized carbons (Fsp3) is 0.154. The number of anilines is 1. The van der Waals surface area contributed by atoms with Gasteiger partial charge in [0.15, 0.2) is 5.82 Å². The Bertz CT molecular complexity index is 563. The number of amides is 1. The van der Waals surface area contributed by atoms with Crippen LogP contribution in [0.1, 0.15) is 6.92 Å². The summed E-state index contributed by atoms with van der Waals surface area (Å²) in [6.45, 7) is 1.93. The van der Waals surface area contributed by atoms with Crippen molar-refractivity contribution in [2.75, 3.05) is 12.4 Å². The van der Waals surface area contributed by atoms with Crippen molar-refractivity contribution in [3.8, 4) is 0 Å². The summed E-state index contributed by atoms with van der Waals surface area (Å²) in [6.07, 6.45) is 8.70. The predicted octanol–water partition coefficient (Wildman–Crippen LogP) is 2.13. The van der Waals surface area contributed by atoms with Crippen LogP contribution in [0.3, 0.4) is 0 Å². The molecule has 1 aromatic rings. The van der Waals surface area contributed by atoms with E-state index in [1.165, 1.54) is 6.26 Å². The normalized spacial score (nSPS) is 19.1. The molecule has 5 nitrogen and oxygen atoms in total. The molecule has 92 valence electrons. The van der Waals surface area contributed by atoms with Crippen LogP contribution < -0.4 is 5.32 Å². The maximum Gasteiger partial charge on any atom is 0.256 e. The number of rotatable bonds is 2. The van der Waals surface area contributed by atoms with Crippen LogP contribution in [0.5, 0.6) is 0 Å². The third-order valence-corrected chi connectivity index (χ3v) is 2.52. The molecule has 0 spiro atoms. The van der Waals surface area contributed by atoms with Crippen LogP contribution >= 0.6 is 0 Å². The van der Waals surface area contributed by atoms with Crippen LogP contribution in [0, 0.1) is 0 Å². The predicted molar refractivity (Wildman–Crippen MR) is 69.5 cm³/mol. The molecule has 1 aliphatic carbocycles. The highest BCUT2D eigenvalue weighted by Gasteiger charge is 2.14. The summed E-state index contributed by atoms with van der Waals surface area (Å²) in [4.78, 5) is 16.1. The van der Waals surface area contributed by atoms with E-state index >= 15 is 0 Å². The molecule has 0 radical (unpaired) electrons. The average Bonchev–Trinajstić information content (AvgIpc) is 2.90. The van der Waals surface area contributed by atoms with E-state index in [4.69, 9.17) is 0 Å². The molecule has 2 rings (SSSR count). The zero-order valence-corrected chi connectivity index (χ0v) is 10.2. The van der Waals surface area contributed by atoms with Gasteiger partial charge in [-0.25, -0.2) is 0 Å². The van der Waals surface area contributed by atoms with Gasteiger partial charge in [0.25, 0.3) is 5.91 Å². The molecule has 5 heteroatoms. The standard InChI is InChI=1S/C13H13N3O2/c1-3-9-4-5-10(8-11(9)14-2)13(17)15-12-6-7-18-16-12/h3-8H,1-2H3,(H,15,16,17)/b9-3-,14-11?. The number of allylic oxidation sites excluding steroid dienone is 4. The Morgan fingerprint density at radius 3 is 2.94 bits per heavy atom. The molecule has 0 fully saturated rings. The highest BCUT2D eigenvalue weighted by Crippen LogP contribution is 2.15. The Hall–Kier alpha value is -2.43. The smallest absolute Gasteiger partial charge is 0.256 e. The lowest BCUT2D eigenvalue weighted by Crippen LogP contribution is -2.17. The first kappa shape index (κ1) is 12.0. The number of carbonyl (C=O) groups is 1. The minimum absolute atomic E-state index is 0.239. The van der Waals surface area contributed by atoms with Crippen molar-refractivity contribution in [2.24, 2.45) is 4.99 Å². The topological polar surface area (TPSA) is 67.5 Å². The van der Waals surface area contributed by atoms with Crippen LogP contribution in [0.2, 0.25) is 0 Å². The number of hydrogen-bond acceptors (Lipinski definition) is 4. The maximum atomic E-state index is 11.9. The van der Waals surface area contributed by atoms with Crippen molar-refractivity contribution < 1.29 is 9.32 Å². The van der Waals surface area contributed by atoms with E-state index in [1.54, 1.807) is 25.3 Å². The Labute approximate surface area is 105 Å². The van der Waals surface area contributed by atoms with E-state index in [0.29, 0.717) is 11.4 Å². The van der Waals surface area contributed by atoms with Gasteiger partial charge in [0.1, 0.15) is 6.26 Å². The monoisotopic (exact) mass is 243 g/mol. The van der Waals surface area contributed by atoms with Crippen molar-refractivity contribution in [3.63, 3.8) is 0 Å². The van der Waals surface area contributed by atoms with Crippen LogP contribution in [-0.4, -0.2) is 23.8 Å². The Kier molecular flexibility index (Phi) is 3.52. The molecule has 0 unspecified atom stereocenters. The first-order chi connectivity index (χ1) is 8.74. The van der Waals surface area contributed by atoms with E-state index in [9.17, 15) is 4.79 Å². The Morgan fingerprint density at radius 2 is 2.33 bits per heavy atom. The summed E-state index contributed by atoms with van der Waals surface area (Å²) in [7, 11) is 1.70. The minimum Gasteiger partial charge on any atom is -0.363 e. The zero-order valence-electron chi connectivity index (χ0n) is 10.2. The lowest BCUT2D eigenvalue weighted by molar-refractivity contribution is -0.112. The molecule has 0 aliphatic heterocycles. The lowest BCUT2D eigenvalue weighted by atomic mass is 9.99. The second-order valence-corrected chi connectivity index (χ2v) is 3.62. The highest BCUT2D eigenvalue weighted by atomic mass is 16.5. The van der Waals surface area contributed by atoms with E-state index in [1.807, 2.05) is 19.1 Å². The van der Waals surface area contributed by atoms with Crippen LogP contribution in [0.25, 0.3) is 0 Å². The summed E-state index contributed by atoms with van der Waals surface area (Å²) in [5.74, 6) is 0.151.